The zero-order valence-corrected chi connectivity index (χ0v) is 8.33. The summed E-state index contributed by atoms with van der Waals surface area (Å²) in [5.74, 6) is 1.50. The number of thiol groups is 1. The highest BCUT2D eigenvalue weighted by Gasteiger charge is 2.20. The van der Waals surface area contributed by atoms with Gasteiger partial charge in [0.25, 0.3) is 0 Å². The molecule has 0 bridgehead atoms. The predicted molar refractivity (Wildman–Crippen MR) is 50.5 cm³/mol. The number of nitrogens with one attached hydrogen (secondary N) is 1. The van der Waals surface area contributed by atoms with Crippen molar-refractivity contribution in [3.05, 3.63) is 0 Å². The van der Waals surface area contributed by atoms with E-state index >= 15 is 0 Å². The van der Waals surface area contributed by atoms with Gasteiger partial charge in [0, 0.05) is 12.4 Å². The summed E-state index contributed by atoms with van der Waals surface area (Å²) in [6.45, 7) is 10.1. The standard InChI is InChI=1S/C8H19NS/c1-7(2)8(3,4)5-9-6-10/h7,9-10H,5-6H2,1-4H3. The van der Waals surface area contributed by atoms with Crippen molar-refractivity contribution in [2.75, 3.05) is 12.4 Å². The Morgan fingerprint density at radius 3 is 2.20 bits per heavy atom. The highest BCUT2D eigenvalue weighted by Crippen LogP contribution is 2.24. The minimum atomic E-state index is 0.392. The topological polar surface area (TPSA) is 12.0 Å². The van der Waals surface area contributed by atoms with E-state index in [4.69, 9.17) is 0 Å². The molecule has 1 N–H and O–H groups in total. The normalized spacial score (nSPS) is 12.6. The van der Waals surface area contributed by atoms with Crippen LogP contribution in [0.3, 0.4) is 0 Å². The Bertz CT molecular complexity index is 89.3. The maximum atomic E-state index is 4.09. The predicted octanol–water partition coefficient (Wildman–Crippen LogP) is 2.15. The molecule has 0 atom stereocenters. The molecule has 0 amide bonds. The first-order valence-electron chi connectivity index (χ1n) is 3.82. The largest absolute Gasteiger partial charge is 0.308 e. The molecule has 0 aliphatic heterocycles. The van der Waals surface area contributed by atoms with Gasteiger partial charge < -0.3 is 5.32 Å². The molecule has 62 valence electrons. The summed E-state index contributed by atoms with van der Waals surface area (Å²) in [4.78, 5) is 0. The Labute approximate surface area is 70.0 Å². The first-order valence-corrected chi connectivity index (χ1v) is 4.45. The summed E-state index contributed by atoms with van der Waals surface area (Å²) in [5.41, 5.74) is 0.392. The van der Waals surface area contributed by atoms with Crippen LogP contribution in [0.1, 0.15) is 27.7 Å². The third kappa shape index (κ3) is 3.47. The zero-order valence-electron chi connectivity index (χ0n) is 7.44. The Morgan fingerprint density at radius 2 is 1.90 bits per heavy atom. The van der Waals surface area contributed by atoms with Gasteiger partial charge in [0.2, 0.25) is 0 Å². The van der Waals surface area contributed by atoms with E-state index < -0.39 is 0 Å². The second-order valence-corrected chi connectivity index (χ2v) is 4.04. The molecule has 1 nitrogen and oxygen atoms in total. The van der Waals surface area contributed by atoms with E-state index in [-0.39, 0.29) is 0 Å². The first kappa shape index (κ1) is 10.3. The van der Waals surface area contributed by atoms with E-state index in [0.717, 1.165) is 18.3 Å². The molecule has 0 rings (SSSR count). The Morgan fingerprint density at radius 1 is 1.40 bits per heavy atom. The van der Waals surface area contributed by atoms with Gasteiger partial charge in [-0.3, -0.25) is 0 Å². The molecular formula is C8H19NS. The minimum absolute atomic E-state index is 0.392. The SMILES string of the molecule is CC(C)C(C)(C)CNCS. The van der Waals surface area contributed by atoms with Crippen LogP contribution in [0.5, 0.6) is 0 Å². The van der Waals surface area contributed by atoms with Crippen LogP contribution in [0.25, 0.3) is 0 Å². The number of hydrogen-bond donors (Lipinski definition) is 2. The highest BCUT2D eigenvalue weighted by atomic mass is 32.1. The molecule has 0 spiro atoms. The quantitative estimate of drug-likeness (QED) is 0.475. The highest BCUT2D eigenvalue weighted by molar-refractivity contribution is 7.80. The molecule has 0 aliphatic carbocycles. The van der Waals surface area contributed by atoms with Gasteiger partial charge in [-0.1, -0.05) is 27.7 Å². The Kier molecular flexibility index (Phi) is 4.37. The Hall–Kier alpha value is 0.310. The molecule has 2 heteroatoms. The van der Waals surface area contributed by atoms with Gasteiger partial charge in [-0.15, -0.1) is 0 Å². The second kappa shape index (κ2) is 4.24. The van der Waals surface area contributed by atoms with E-state index in [1.54, 1.807) is 0 Å². The van der Waals surface area contributed by atoms with Crippen LogP contribution in [-0.4, -0.2) is 12.4 Å². The molecule has 0 saturated carbocycles. The van der Waals surface area contributed by atoms with Crippen molar-refractivity contribution in [3.8, 4) is 0 Å². The summed E-state index contributed by atoms with van der Waals surface area (Å²) >= 11 is 4.09. The van der Waals surface area contributed by atoms with Gasteiger partial charge in [-0.05, 0) is 11.3 Å². The van der Waals surface area contributed by atoms with Gasteiger partial charge in [-0.25, -0.2) is 0 Å². The fourth-order valence-electron chi connectivity index (χ4n) is 0.582. The van der Waals surface area contributed by atoms with E-state index in [1.807, 2.05) is 0 Å². The number of hydrogen-bond acceptors (Lipinski definition) is 2. The lowest BCUT2D eigenvalue weighted by molar-refractivity contribution is 0.243. The number of rotatable bonds is 4. The van der Waals surface area contributed by atoms with Gasteiger partial charge >= 0.3 is 0 Å². The zero-order chi connectivity index (χ0) is 8.20. The fraction of sp³-hybridized carbons (Fsp3) is 1.00. The lowest BCUT2D eigenvalue weighted by atomic mass is 9.81. The molecule has 0 aromatic heterocycles. The monoisotopic (exact) mass is 161 g/mol. The Balaban J connectivity index is 3.63. The van der Waals surface area contributed by atoms with Crippen molar-refractivity contribution >= 4 is 12.6 Å². The molecule has 0 fully saturated rings. The van der Waals surface area contributed by atoms with Crippen LogP contribution < -0.4 is 5.32 Å². The molecule has 0 saturated heterocycles. The van der Waals surface area contributed by atoms with Crippen LogP contribution in [-0.2, 0) is 0 Å². The van der Waals surface area contributed by atoms with Crippen molar-refractivity contribution in [1.29, 1.82) is 0 Å². The summed E-state index contributed by atoms with van der Waals surface area (Å²) < 4.78 is 0. The molecule has 0 radical (unpaired) electrons. The van der Waals surface area contributed by atoms with Gasteiger partial charge in [-0.2, -0.15) is 12.6 Å². The van der Waals surface area contributed by atoms with Gasteiger partial charge in [0.05, 0.1) is 0 Å². The third-order valence-electron chi connectivity index (χ3n) is 2.26. The summed E-state index contributed by atoms with van der Waals surface area (Å²) in [6.07, 6.45) is 0. The van der Waals surface area contributed by atoms with E-state index in [9.17, 15) is 0 Å². The minimum Gasteiger partial charge on any atom is -0.308 e. The molecule has 0 aromatic rings. The third-order valence-corrected chi connectivity index (χ3v) is 2.48. The van der Waals surface area contributed by atoms with Crippen LogP contribution in [0.2, 0.25) is 0 Å². The molecular weight excluding hydrogens is 142 g/mol. The van der Waals surface area contributed by atoms with Crippen LogP contribution in [0.4, 0.5) is 0 Å². The van der Waals surface area contributed by atoms with Crippen molar-refractivity contribution < 1.29 is 0 Å². The summed E-state index contributed by atoms with van der Waals surface area (Å²) in [7, 11) is 0. The van der Waals surface area contributed by atoms with Gasteiger partial charge in [0.1, 0.15) is 0 Å². The summed E-state index contributed by atoms with van der Waals surface area (Å²) in [6, 6.07) is 0. The lowest BCUT2D eigenvalue weighted by Gasteiger charge is -2.29. The molecule has 0 heterocycles. The molecule has 0 unspecified atom stereocenters. The van der Waals surface area contributed by atoms with Crippen molar-refractivity contribution in [2.45, 2.75) is 27.7 Å². The average molecular weight is 161 g/mol. The summed E-state index contributed by atoms with van der Waals surface area (Å²) in [5, 5.41) is 3.23. The fourth-order valence-corrected chi connectivity index (χ4v) is 0.694. The first-order chi connectivity index (χ1) is 4.50. The van der Waals surface area contributed by atoms with Crippen molar-refractivity contribution in [2.24, 2.45) is 11.3 Å². The second-order valence-electron chi connectivity index (χ2n) is 3.73. The van der Waals surface area contributed by atoms with E-state index in [1.165, 1.54) is 0 Å². The van der Waals surface area contributed by atoms with Crippen LogP contribution >= 0.6 is 12.6 Å². The maximum absolute atomic E-state index is 4.09. The maximum Gasteiger partial charge on any atom is 0.0387 e. The molecule has 10 heavy (non-hydrogen) atoms. The molecule has 0 aliphatic rings. The van der Waals surface area contributed by atoms with Crippen LogP contribution in [0, 0.1) is 11.3 Å². The van der Waals surface area contributed by atoms with Crippen molar-refractivity contribution in [3.63, 3.8) is 0 Å². The van der Waals surface area contributed by atoms with E-state index in [0.29, 0.717) is 5.41 Å². The molecule has 0 aromatic carbocycles. The smallest absolute Gasteiger partial charge is 0.0387 e. The van der Waals surface area contributed by atoms with E-state index in [2.05, 4.69) is 45.6 Å². The average Bonchev–Trinajstić information content (AvgIpc) is 1.84. The van der Waals surface area contributed by atoms with Crippen molar-refractivity contribution in [1.82, 2.24) is 5.32 Å². The van der Waals surface area contributed by atoms with Crippen LogP contribution in [0.15, 0.2) is 0 Å². The van der Waals surface area contributed by atoms with Gasteiger partial charge in [0.15, 0.2) is 0 Å². The lowest BCUT2D eigenvalue weighted by Crippen LogP contribution is -2.32.